The summed E-state index contributed by atoms with van der Waals surface area (Å²) in [6.07, 6.45) is 2.22. The van der Waals surface area contributed by atoms with Crippen LogP contribution in [0.4, 0.5) is 0 Å². The Balaban J connectivity index is 2.43. The first-order valence-electron chi connectivity index (χ1n) is 5.17. The standard InChI is InChI=1S/C10H23N3/c1-8-6-9(11)4-5-13(8)7-10(2,3)12/h8-9H,4-7,11-12H2,1-3H3. The minimum absolute atomic E-state index is 0.0876. The number of piperidine rings is 1. The van der Waals surface area contributed by atoms with E-state index in [9.17, 15) is 0 Å². The summed E-state index contributed by atoms with van der Waals surface area (Å²) in [7, 11) is 0. The van der Waals surface area contributed by atoms with Gasteiger partial charge in [0, 0.05) is 24.2 Å². The molecule has 0 saturated carbocycles. The maximum atomic E-state index is 5.99. The van der Waals surface area contributed by atoms with E-state index < -0.39 is 0 Å². The molecule has 13 heavy (non-hydrogen) atoms. The van der Waals surface area contributed by atoms with Crippen molar-refractivity contribution >= 4 is 0 Å². The van der Waals surface area contributed by atoms with E-state index in [4.69, 9.17) is 11.5 Å². The second-order valence-electron chi connectivity index (χ2n) is 5.09. The summed E-state index contributed by atoms with van der Waals surface area (Å²) in [6.45, 7) is 8.47. The van der Waals surface area contributed by atoms with Gasteiger partial charge in [0.1, 0.15) is 0 Å². The summed E-state index contributed by atoms with van der Waals surface area (Å²) in [5.74, 6) is 0. The second-order valence-corrected chi connectivity index (χ2v) is 5.09. The Hall–Kier alpha value is -0.120. The molecule has 1 rings (SSSR count). The molecule has 1 fully saturated rings. The van der Waals surface area contributed by atoms with Gasteiger partial charge in [-0.15, -0.1) is 0 Å². The van der Waals surface area contributed by atoms with E-state index in [1.165, 1.54) is 0 Å². The van der Waals surface area contributed by atoms with Gasteiger partial charge in [-0.1, -0.05) is 0 Å². The minimum Gasteiger partial charge on any atom is -0.328 e. The van der Waals surface area contributed by atoms with Gasteiger partial charge in [-0.2, -0.15) is 0 Å². The largest absolute Gasteiger partial charge is 0.328 e. The Labute approximate surface area is 81.5 Å². The van der Waals surface area contributed by atoms with Crippen LogP contribution in [0, 0.1) is 0 Å². The lowest BCUT2D eigenvalue weighted by molar-refractivity contribution is 0.123. The average molecular weight is 185 g/mol. The normalized spacial score (nSPS) is 32.1. The highest BCUT2D eigenvalue weighted by molar-refractivity contribution is 4.86. The Morgan fingerprint density at radius 1 is 1.46 bits per heavy atom. The van der Waals surface area contributed by atoms with Gasteiger partial charge < -0.3 is 11.5 Å². The molecule has 0 amide bonds. The van der Waals surface area contributed by atoms with Crippen LogP contribution in [0.25, 0.3) is 0 Å². The molecule has 2 unspecified atom stereocenters. The molecule has 4 N–H and O–H groups in total. The van der Waals surface area contributed by atoms with Crippen LogP contribution in [0.3, 0.4) is 0 Å². The number of rotatable bonds is 2. The first kappa shape index (κ1) is 11.0. The number of nitrogens with two attached hydrogens (primary N) is 2. The van der Waals surface area contributed by atoms with E-state index in [0.29, 0.717) is 12.1 Å². The van der Waals surface area contributed by atoms with Crippen LogP contribution in [0.5, 0.6) is 0 Å². The van der Waals surface area contributed by atoms with Gasteiger partial charge in [-0.3, -0.25) is 4.90 Å². The van der Waals surface area contributed by atoms with Crippen LogP contribution < -0.4 is 11.5 Å². The molecule has 0 spiro atoms. The van der Waals surface area contributed by atoms with E-state index in [-0.39, 0.29) is 5.54 Å². The monoisotopic (exact) mass is 185 g/mol. The van der Waals surface area contributed by atoms with Crippen molar-refractivity contribution in [3.8, 4) is 0 Å². The average Bonchev–Trinajstić information content (AvgIpc) is 1.93. The molecule has 1 aliphatic heterocycles. The van der Waals surface area contributed by atoms with Crippen molar-refractivity contribution in [2.45, 2.75) is 51.2 Å². The van der Waals surface area contributed by atoms with E-state index in [1.807, 2.05) is 0 Å². The fraction of sp³-hybridized carbons (Fsp3) is 1.00. The summed E-state index contributed by atoms with van der Waals surface area (Å²) in [5.41, 5.74) is 11.8. The molecule has 1 aliphatic rings. The quantitative estimate of drug-likeness (QED) is 0.660. The molecular formula is C10H23N3. The Morgan fingerprint density at radius 3 is 2.54 bits per heavy atom. The third-order valence-electron chi connectivity index (χ3n) is 2.66. The zero-order valence-electron chi connectivity index (χ0n) is 9.09. The molecule has 3 heteroatoms. The number of hydrogen-bond acceptors (Lipinski definition) is 3. The van der Waals surface area contributed by atoms with Crippen molar-refractivity contribution in [3.63, 3.8) is 0 Å². The minimum atomic E-state index is -0.0876. The lowest BCUT2D eigenvalue weighted by Gasteiger charge is -2.39. The molecule has 0 aliphatic carbocycles. The third kappa shape index (κ3) is 3.63. The van der Waals surface area contributed by atoms with Crippen LogP contribution in [0.15, 0.2) is 0 Å². The highest BCUT2D eigenvalue weighted by Crippen LogP contribution is 2.17. The van der Waals surface area contributed by atoms with Gasteiger partial charge in [0.15, 0.2) is 0 Å². The molecule has 0 aromatic carbocycles. The predicted molar refractivity (Wildman–Crippen MR) is 56.5 cm³/mol. The molecule has 1 heterocycles. The summed E-state index contributed by atoms with van der Waals surface area (Å²) < 4.78 is 0. The summed E-state index contributed by atoms with van der Waals surface area (Å²) in [6, 6.07) is 0.985. The topological polar surface area (TPSA) is 55.3 Å². The van der Waals surface area contributed by atoms with Gasteiger partial charge in [-0.25, -0.2) is 0 Å². The number of nitrogens with zero attached hydrogens (tertiary/aromatic N) is 1. The Morgan fingerprint density at radius 2 is 2.08 bits per heavy atom. The van der Waals surface area contributed by atoms with Gasteiger partial charge in [0.2, 0.25) is 0 Å². The first-order chi connectivity index (χ1) is 5.88. The van der Waals surface area contributed by atoms with E-state index in [2.05, 4.69) is 25.7 Å². The van der Waals surface area contributed by atoms with Crippen molar-refractivity contribution in [2.75, 3.05) is 13.1 Å². The van der Waals surface area contributed by atoms with Crippen LogP contribution in [-0.2, 0) is 0 Å². The maximum Gasteiger partial charge on any atom is 0.0226 e. The van der Waals surface area contributed by atoms with Gasteiger partial charge in [-0.05, 0) is 40.2 Å². The smallest absolute Gasteiger partial charge is 0.0226 e. The van der Waals surface area contributed by atoms with Crippen LogP contribution in [0.2, 0.25) is 0 Å². The van der Waals surface area contributed by atoms with Crippen molar-refractivity contribution in [1.29, 1.82) is 0 Å². The van der Waals surface area contributed by atoms with Crippen molar-refractivity contribution in [1.82, 2.24) is 4.90 Å². The highest BCUT2D eigenvalue weighted by atomic mass is 15.2. The maximum absolute atomic E-state index is 5.99. The molecule has 0 radical (unpaired) electrons. The van der Waals surface area contributed by atoms with Crippen molar-refractivity contribution in [3.05, 3.63) is 0 Å². The molecule has 0 aromatic rings. The molecular weight excluding hydrogens is 162 g/mol. The van der Waals surface area contributed by atoms with E-state index in [0.717, 1.165) is 25.9 Å². The lowest BCUT2D eigenvalue weighted by Crippen LogP contribution is -2.53. The SMILES string of the molecule is CC1CC(N)CCN1CC(C)(C)N. The molecule has 1 saturated heterocycles. The molecule has 3 nitrogen and oxygen atoms in total. The van der Waals surface area contributed by atoms with Crippen LogP contribution in [0.1, 0.15) is 33.6 Å². The Bertz CT molecular complexity index is 162. The molecule has 0 bridgehead atoms. The van der Waals surface area contributed by atoms with E-state index >= 15 is 0 Å². The summed E-state index contributed by atoms with van der Waals surface area (Å²) in [5, 5.41) is 0. The van der Waals surface area contributed by atoms with Crippen molar-refractivity contribution in [2.24, 2.45) is 11.5 Å². The summed E-state index contributed by atoms with van der Waals surface area (Å²) in [4.78, 5) is 2.45. The zero-order chi connectivity index (χ0) is 10.1. The predicted octanol–water partition coefficient (Wildman–Crippen LogP) is 0.535. The first-order valence-corrected chi connectivity index (χ1v) is 5.17. The fourth-order valence-corrected chi connectivity index (χ4v) is 2.02. The highest BCUT2D eigenvalue weighted by Gasteiger charge is 2.26. The van der Waals surface area contributed by atoms with Crippen LogP contribution in [-0.4, -0.2) is 35.6 Å². The van der Waals surface area contributed by atoms with Gasteiger partial charge in [0.25, 0.3) is 0 Å². The van der Waals surface area contributed by atoms with Crippen molar-refractivity contribution < 1.29 is 0 Å². The lowest BCUT2D eigenvalue weighted by atomic mass is 9.96. The molecule has 0 aromatic heterocycles. The fourth-order valence-electron chi connectivity index (χ4n) is 2.02. The number of likely N-dealkylation sites (tertiary alicyclic amines) is 1. The van der Waals surface area contributed by atoms with Gasteiger partial charge in [0.05, 0.1) is 0 Å². The number of hydrogen-bond donors (Lipinski definition) is 2. The van der Waals surface area contributed by atoms with Gasteiger partial charge >= 0.3 is 0 Å². The summed E-state index contributed by atoms with van der Waals surface area (Å²) >= 11 is 0. The van der Waals surface area contributed by atoms with Crippen LogP contribution >= 0.6 is 0 Å². The molecule has 2 atom stereocenters. The second kappa shape index (κ2) is 3.95. The van der Waals surface area contributed by atoms with E-state index in [1.54, 1.807) is 0 Å². The zero-order valence-corrected chi connectivity index (χ0v) is 9.09. The third-order valence-corrected chi connectivity index (χ3v) is 2.66. The molecule has 78 valence electrons. The Kier molecular flexibility index (Phi) is 3.33.